The Morgan fingerprint density at radius 1 is 1.26 bits per heavy atom. The van der Waals surface area contributed by atoms with Crippen LogP contribution in [0.5, 0.6) is 0 Å². The molecule has 0 saturated heterocycles. The Bertz CT molecular complexity index is 820. The minimum absolute atomic E-state index is 0.0680. The molecule has 0 aliphatic carbocycles. The van der Waals surface area contributed by atoms with E-state index in [-0.39, 0.29) is 11.9 Å². The molecule has 3 aromatic rings. The second-order valence-electron chi connectivity index (χ2n) is 5.28. The number of hydrogen-bond acceptors (Lipinski definition) is 6. The fourth-order valence-corrected chi connectivity index (χ4v) is 4.87. The highest BCUT2D eigenvalue weighted by Gasteiger charge is 2.24. The molecular weight excluding hydrogens is 346 g/mol. The van der Waals surface area contributed by atoms with Crippen molar-refractivity contribution >= 4 is 39.9 Å². The van der Waals surface area contributed by atoms with Crippen LogP contribution in [0.25, 0.3) is 9.88 Å². The number of thiophene rings is 1. The summed E-state index contributed by atoms with van der Waals surface area (Å²) in [7, 11) is 1.81. The predicted octanol–water partition coefficient (Wildman–Crippen LogP) is 4.78. The number of aromatic nitrogens is 2. The van der Waals surface area contributed by atoms with Crippen LogP contribution in [0.1, 0.15) is 39.0 Å². The fourth-order valence-electron chi connectivity index (χ4n) is 2.36. The number of hydrogen-bond donors (Lipinski definition) is 0. The van der Waals surface area contributed by atoms with Gasteiger partial charge in [0, 0.05) is 17.3 Å². The van der Waals surface area contributed by atoms with Crippen LogP contribution in [-0.2, 0) is 0 Å². The third kappa shape index (κ3) is 3.22. The van der Waals surface area contributed by atoms with Crippen LogP contribution in [0.2, 0.25) is 0 Å². The summed E-state index contributed by atoms with van der Waals surface area (Å²) in [6.45, 7) is 6.04. The lowest BCUT2D eigenvalue weighted by Crippen LogP contribution is -2.30. The van der Waals surface area contributed by atoms with Crippen LogP contribution >= 0.6 is 34.0 Å². The maximum atomic E-state index is 12.7. The largest absolute Gasteiger partial charge is 0.332 e. The van der Waals surface area contributed by atoms with Gasteiger partial charge in [-0.1, -0.05) is 6.07 Å². The quantitative estimate of drug-likeness (QED) is 0.670. The van der Waals surface area contributed by atoms with E-state index in [2.05, 4.69) is 9.97 Å². The molecule has 0 aliphatic rings. The smallest absolute Gasteiger partial charge is 0.273 e. The van der Waals surface area contributed by atoms with E-state index < -0.39 is 0 Å². The minimum atomic E-state index is -0.0701. The first-order valence-electron chi connectivity index (χ1n) is 7.18. The minimum Gasteiger partial charge on any atom is -0.332 e. The van der Waals surface area contributed by atoms with Gasteiger partial charge in [0.1, 0.15) is 10.7 Å². The number of thiazole rings is 2. The summed E-state index contributed by atoms with van der Waals surface area (Å²) in [5.74, 6) is -0.0680. The summed E-state index contributed by atoms with van der Waals surface area (Å²) in [6.07, 6.45) is 0. The van der Waals surface area contributed by atoms with E-state index in [4.69, 9.17) is 0 Å². The predicted molar refractivity (Wildman–Crippen MR) is 97.5 cm³/mol. The Hall–Kier alpha value is -1.57. The summed E-state index contributed by atoms with van der Waals surface area (Å²) < 4.78 is 0. The molecule has 0 radical (unpaired) electrons. The number of rotatable bonds is 4. The standard InChI is InChI=1S/C16H17N3OS3/c1-9(14-10(2)23-11(3)17-14)19(4)16(20)12-8-22-15(18-12)13-6-5-7-21-13/h5-9H,1-4H3/t9-/m1/s1. The normalized spacial score (nSPS) is 12.3. The average molecular weight is 364 g/mol. The van der Waals surface area contributed by atoms with Crippen LogP contribution < -0.4 is 0 Å². The molecule has 7 heteroatoms. The van der Waals surface area contributed by atoms with Crippen molar-refractivity contribution in [2.45, 2.75) is 26.8 Å². The molecule has 0 N–H and O–H groups in total. The average Bonchev–Trinajstić information content (AvgIpc) is 3.24. The number of carbonyl (C=O) groups excluding carboxylic acids is 1. The van der Waals surface area contributed by atoms with Gasteiger partial charge in [-0.25, -0.2) is 9.97 Å². The summed E-state index contributed by atoms with van der Waals surface area (Å²) in [5, 5.41) is 5.77. The van der Waals surface area contributed by atoms with Crippen molar-refractivity contribution in [2.75, 3.05) is 7.05 Å². The highest BCUT2D eigenvalue weighted by atomic mass is 32.1. The molecule has 0 aliphatic heterocycles. The van der Waals surface area contributed by atoms with Crippen LogP contribution in [0.3, 0.4) is 0 Å². The molecule has 0 aromatic carbocycles. The number of nitrogens with zero attached hydrogens (tertiary/aromatic N) is 3. The summed E-state index contributed by atoms with van der Waals surface area (Å²) in [6, 6.07) is 3.94. The first-order valence-corrected chi connectivity index (χ1v) is 9.75. The first kappa shape index (κ1) is 16.3. The molecule has 120 valence electrons. The third-order valence-corrected chi connectivity index (χ3v) is 6.48. The number of carbonyl (C=O) groups is 1. The first-order chi connectivity index (χ1) is 11.0. The van der Waals surface area contributed by atoms with Crippen molar-refractivity contribution in [3.8, 4) is 9.88 Å². The maximum Gasteiger partial charge on any atom is 0.273 e. The molecule has 3 aromatic heterocycles. The Morgan fingerprint density at radius 3 is 2.65 bits per heavy atom. The molecule has 1 atom stereocenters. The van der Waals surface area contributed by atoms with Crippen molar-refractivity contribution in [1.29, 1.82) is 0 Å². The van der Waals surface area contributed by atoms with Crippen LogP contribution in [-0.4, -0.2) is 27.8 Å². The zero-order valence-electron chi connectivity index (χ0n) is 13.4. The third-order valence-electron chi connectivity index (χ3n) is 3.69. The van der Waals surface area contributed by atoms with E-state index >= 15 is 0 Å². The topological polar surface area (TPSA) is 46.1 Å². The van der Waals surface area contributed by atoms with Gasteiger partial charge in [-0.2, -0.15) is 0 Å². The molecule has 0 fully saturated rings. The maximum absolute atomic E-state index is 12.7. The van der Waals surface area contributed by atoms with Crippen molar-refractivity contribution in [3.05, 3.63) is 44.2 Å². The Balaban J connectivity index is 1.81. The molecule has 23 heavy (non-hydrogen) atoms. The molecule has 0 saturated carbocycles. The Labute approximate surface area is 147 Å². The molecule has 0 bridgehead atoms. The lowest BCUT2D eigenvalue weighted by atomic mass is 10.2. The van der Waals surface area contributed by atoms with E-state index in [1.165, 1.54) is 11.3 Å². The second kappa shape index (κ2) is 6.51. The number of amides is 1. The van der Waals surface area contributed by atoms with E-state index in [1.807, 2.05) is 50.7 Å². The van der Waals surface area contributed by atoms with Crippen LogP contribution in [0.4, 0.5) is 0 Å². The van der Waals surface area contributed by atoms with Crippen LogP contribution in [0.15, 0.2) is 22.9 Å². The van der Waals surface area contributed by atoms with Gasteiger partial charge in [0.15, 0.2) is 0 Å². The molecule has 0 spiro atoms. The monoisotopic (exact) mass is 363 g/mol. The van der Waals surface area contributed by atoms with E-state index in [0.29, 0.717) is 5.69 Å². The van der Waals surface area contributed by atoms with Crippen molar-refractivity contribution in [2.24, 2.45) is 0 Å². The van der Waals surface area contributed by atoms with Gasteiger partial charge in [-0.05, 0) is 32.2 Å². The summed E-state index contributed by atoms with van der Waals surface area (Å²) in [4.78, 5) is 25.7. The van der Waals surface area contributed by atoms with Crippen molar-refractivity contribution in [1.82, 2.24) is 14.9 Å². The molecule has 1 amide bonds. The van der Waals surface area contributed by atoms with Gasteiger partial charge in [0.2, 0.25) is 0 Å². The van der Waals surface area contributed by atoms with Crippen molar-refractivity contribution in [3.63, 3.8) is 0 Å². The Morgan fingerprint density at radius 2 is 2.04 bits per heavy atom. The highest BCUT2D eigenvalue weighted by molar-refractivity contribution is 7.20. The zero-order chi connectivity index (χ0) is 16.6. The lowest BCUT2D eigenvalue weighted by molar-refractivity contribution is 0.0734. The van der Waals surface area contributed by atoms with Crippen molar-refractivity contribution < 1.29 is 4.79 Å². The van der Waals surface area contributed by atoms with E-state index in [1.54, 1.807) is 27.6 Å². The summed E-state index contributed by atoms with van der Waals surface area (Å²) in [5.41, 5.74) is 1.47. The zero-order valence-corrected chi connectivity index (χ0v) is 15.8. The van der Waals surface area contributed by atoms with E-state index in [0.717, 1.165) is 25.5 Å². The van der Waals surface area contributed by atoms with Gasteiger partial charge in [0.25, 0.3) is 5.91 Å². The van der Waals surface area contributed by atoms with Crippen LogP contribution in [0, 0.1) is 13.8 Å². The molecule has 3 heterocycles. The molecule has 4 nitrogen and oxygen atoms in total. The van der Waals surface area contributed by atoms with Gasteiger partial charge >= 0.3 is 0 Å². The SMILES string of the molecule is Cc1nc([C@@H](C)N(C)C(=O)c2csc(-c3cccs3)n2)c(C)s1. The fraction of sp³-hybridized carbons (Fsp3) is 0.312. The molecular formula is C16H17N3OS3. The van der Waals surface area contributed by atoms with Gasteiger partial charge in [-0.3, -0.25) is 4.79 Å². The molecule has 3 rings (SSSR count). The van der Waals surface area contributed by atoms with Gasteiger partial charge < -0.3 is 4.90 Å². The highest BCUT2D eigenvalue weighted by Crippen LogP contribution is 2.30. The second-order valence-corrected chi connectivity index (χ2v) is 8.49. The summed E-state index contributed by atoms with van der Waals surface area (Å²) >= 11 is 4.80. The lowest BCUT2D eigenvalue weighted by Gasteiger charge is -2.23. The van der Waals surface area contributed by atoms with Gasteiger partial charge in [0.05, 0.1) is 21.6 Å². The molecule has 0 unspecified atom stereocenters. The Kier molecular flexibility index (Phi) is 4.61. The van der Waals surface area contributed by atoms with Gasteiger partial charge in [-0.15, -0.1) is 34.0 Å². The van der Waals surface area contributed by atoms with E-state index in [9.17, 15) is 4.79 Å². The number of aryl methyl sites for hydroxylation is 2.